The molecule has 0 aromatic carbocycles. The van der Waals surface area contributed by atoms with Crippen LogP contribution in [0.3, 0.4) is 0 Å². The molecule has 0 aliphatic heterocycles. The van der Waals surface area contributed by atoms with Gasteiger partial charge in [-0.15, -0.1) is 0 Å². The molecule has 22 heavy (non-hydrogen) atoms. The number of alkyl carbamates (subject to hydrolysis) is 1. The highest BCUT2D eigenvalue weighted by atomic mass is 16.6. The van der Waals surface area contributed by atoms with Crippen molar-refractivity contribution in [3.8, 4) is 0 Å². The lowest BCUT2D eigenvalue weighted by Crippen LogP contribution is -2.43. The molecule has 1 atom stereocenters. The number of carbonyl (C=O) groups is 2. The maximum atomic E-state index is 11.6. The Balaban J connectivity index is 2.46. The molecule has 1 aromatic rings. The first kappa shape index (κ1) is 17.9. The van der Waals surface area contributed by atoms with Crippen molar-refractivity contribution in [2.24, 2.45) is 0 Å². The molecule has 0 aliphatic rings. The summed E-state index contributed by atoms with van der Waals surface area (Å²) in [6.07, 6.45) is 4.09. The summed E-state index contributed by atoms with van der Waals surface area (Å²) in [6.45, 7) is 7.01. The number of aromatic nitrogens is 2. The molecule has 0 saturated carbocycles. The van der Waals surface area contributed by atoms with Crippen LogP contribution in [0.1, 0.15) is 45.0 Å². The molecule has 0 fully saturated rings. The van der Waals surface area contributed by atoms with Gasteiger partial charge in [0.1, 0.15) is 11.6 Å². The molecule has 0 spiro atoms. The van der Waals surface area contributed by atoms with E-state index in [9.17, 15) is 9.59 Å². The Bertz CT molecular complexity index is 509. The van der Waals surface area contributed by atoms with Crippen molar-refractivity contribution in [2.45, 2.75) is 58.6 Å². The molecule has 7 heteroatoms. The van der Waals surface area contributed by atoms with Gasteiger partial charge in [0.25, 0.3) is 0 Å². The van der Waals surface area contributed by atoms with Crippen molar-refractivity contribution in [3.05, 3.63) is 23.8 Å². The van der Waals surface area contributed by atoms with Gasteiger partial charge in [-0.05, 0) is 47.0 Å². The molecule has 7 nitrogen and oxygen atoms in total. The third kappa shape index (κ3) is 7.01. The quantitative estimate of drug-likeness (QED) is 0.834. The number of carboxylic acid groups (broad SMARTS) is 1. The second-order valence-electron chi connectivity index (χ2n) is 6.08. The maximum absolute atomic E-state index is 11.6. The molecule has 2 N–H and O–H groups in total. The number of aryl methyl sites for hydroxylation is 2. The van der Waals surface area contributed by atoms with Gasteiger partial charge in [0, 0.05) is 12.4 Å². The first-order valence-corrected chi connectivity index (χ1v) is 7.17. The summed E-state index contributed by atoms with van der Waals surface area (Å²) in [5.41, 5.74) is 0.968. The highest BCUT2D eigenvalue weighted by molar-refractivity contribution is 5.79. The van der Waals surface area contributed by atoms with Gasteiger partial charge in [0.15, 0.2) is 0 Å². The van der Waals surface area contributed by atoms with Crippen molar-refractivity contribution < 1.29 is 19.4 Å². The van der Waals surface area contributed by atoms with Crippen LogP contribution < -0.4 is 5.32 Å². The average Bonchev–Trinajstić information content (AvgIpc) is 2.37. The van der Waals surface area contributed by atoms with E-state index in [2.05, 4.69) is 15.3 Å². The van der Waals surface area contributed by atoms with Crippen molar-refractivity contribution in [1.29, 1.82) is 0 Å². The number of hydrogen-bond donors (Lipinski definition) is 2. The third-order valence-electron chi connectivity index (χ3n) is 2.75. The zero-order chi connectivity index (χ0) is 16.8. The SMILES string of the molecule is Cc1cnc(CCCC(NC(=O)OC(C)(C)C)C(=O)O)cn1. The van der Waals surface area contributed by atoms with Gasteiger partial charge >= 0.3 is 12.1 Å². The monoisotopic (exact) mass is 309 g/mol. The summed E-state index contributed by atoms with van der Waals surface area (Å²) in [4.78, 5) is 31.2. The fraction of sp³-hybridized carbons (Fsp3) is 0.600. The van der Waals surface area contributed by atoms with Crippen molar-refractivity contribution in [2.75, 3.05) is 0 Å². The molecular weight excluding hydrogens is 286 g/mol. The number of carbonyl (C=O) groups excluding carboxylic acids is 1. The van der Waals surface area contributed by atoms with Crippen LogP contribution in [0.15, 0.2) is 12.4 Å². The molecule has 1 amide bonds. The van der Waals surface area contributed by atoms with E-state index in [1.165, 1.54) is 0 Å². The van der Waals surface area contributed by atoms with E-state index in [0.717, 1.165) is 11.4 Å². The topological polar surface area (TPSA) is 101 Å². The Labute approximate surface area is 130 Å². The minimum absolute atomic E-state index is 0.296. The minimum Gasteiger partial charge on any atom is -0.480 e. The first-order chi connectivity index (χ1) is 10.2. The molecular formula is C15H23N3O4. The van der Waals surface area contributed by atoms with Crippen molar-refractivity contribution >= 4 is 12.1 Å². The third-order valence-corrected chi connectivity index (χ3v) is 2.75. The highest BCUT2D eigenvalue weighted by Crippen LogP contribution is 2.09. The number of carboxylic acids is 1. The van der Waals surface area contributed by atoms with Crippen LogP contribution in [-0.2, 0) is 16.0 Å². The number of aliphatic carboxylic acids is 1. The van der Waals surface area contributed by atoms with Crippen LogP contribution in [-0.4, -0.2) is 38.8 Å². The van der Waals surface area contributed by atoms with E-state index in [1.807, 2.05) is 6.92 Å². The van der Waals surface area contributed by atoms with E-state index >= 15 is 0 Å². The predicted octanol–water partition coefficient (Wildman–Crippen LogP) is 2.09. The van der Waals surface area contributed by atoms with Crippen molar-refractivity contribution in [3.63, 3.8) is 0 Å². The van der Waals surface area contributed by atoms with Crippen LogP contribution in [0, 0.1) is 6.92 Å². The summed E-state index contributed by atoms with van der Waals surface area (Å²) in [5, 5.41) is 11.5. The Morgan fingerprint density at radius 3 is 2.50 bits per heavy atom. The lowest BCUT2D eigenvalue weighted by Gasteiger charge is -2.22. The molecule has 1 rings (SSSR count). The standard InChI is InChI=1S/C15H23N3O4/c1-10-8-17-11(9-16-10)6-5-7-12(13(19)20)18-14(21)22-15(2,3)4/h8-9,12H,5-7H2,1-4H3,(H,18,21)(H,19,20). The van der Waals surface area contributed by atoms with E-state index in [4.69, 9.17) is 9.84 Å². The van der Waals surface area contributed by atoms with E-state index < -0.39 is 23.7 Å². The van der Waals surface area contributed by atoms with Gasteiger partial charge in [0.05, 0.1) is 11.4 Å². The molecule has 1 heterocycles. The number of ether oxygens (including phenoxy) is 1. The molecule has 0 bridgehead atoms. The Hall–Kier alpha value is -2.18. The van der Waals surface area contributed by atoms with Gasteiger partial charge in [-0.3, -0.25) is 9.97 Å². The van der Waals surface area contributed by atoms with Gasteiger partial charge in [0.2, 0.25) is 0 Å². The van der Waals surface area contributed by atoms with Gasteiger partial charge in [-0.1, -0.05) is 0 Å². The largest absolute Gasteiger partial charge is 0.480 e. The summed E-state index contributed by atoms with van der Waals surface area (Å²) < 4.78 is 5.06. The minimum atomic E-state index is -1.08. The molecule has 0 radical (unpaired) electrons. The lowest BCUT2D eigenvalue weighted by atomic mass is 10.1. The van der Waals surface area contributed by atoms with Crippen LogP contribution >= 0.6 is 0 Å². The van der Waals surface area contributed by atoms with E-state index in [0.29, 0.717) is 19.3 Å². The molecule has 0 aliphatic carbocycles. The van der Waals surface area contributed by atoms with Crippen LogP contribution in [0.2, 0.25) is 0 Å². The van der Waals surface area contributed by atoms with Gasteiger partial charge in [-0.2, -0.15) is 0 Å². The fourth-order valence-electron chi connectivity index (χ4n) is 1.74. The summed E-state index contributed by atoms with van der Waals surface area (Å²) >= 11 is 0. The lowest BCUT2D eigenvalue weighted by molar-refractivity contribution is -0.139. The Kier molecular flexibility index (Phi) is 6.27. The van der Waals surface area contributed by atoms with E-state index in [1.54, 1.807) is 33.2 Å². The van der Waals surface area contributed by atoms with E-state index in [-0.39, 0.29) is 0 Å². The molecule has 1 aromatic heterocycles. The second kappa shape index (κ2) is 7.72. The van der Waals surface area contributed by atoms with Crippen LogP contribution in [0.5, 0.6) is 0 Å². The summed E-state index contributed by atoms with van der Waals surface area (Å²) in [5.74, 6) is -1.08. The molecule has 122 valence electrons. The average molecular weight is 309 g/mol. The number of nitrogens with zero attached hydrogens (tertiary/aromatic N) is 2. The number of nitrogens with one attached hydrogen (secondary N) is 1. The highest BCUT2D eigenvalue weighted by Gasteiger charge is 2.23. The predicted molar refractivity (Wildman–Crippen MR) is 80.5 cm³/mol. The zero-order valence-corrected chi connectivity index (χ0v) is 13.4. The zero-order valence-electron chi connectivity index (χ0n) is 13.4. The molecule has 0 saturated heterocycles. The fourth-order valence-corrected chi connectivity index (χ4v) is 1.74. The van der Waals surface area contributed by atoms with Gasteiger partial charge < -0.3 is 15.2 Å². The number of hydrogen-bond acceptors (Lipinski definition) is 5. The summed E-state index contributed by atoms with van der Waals surface area (Å²) in [6, 6.07) is -0.978. The Morgan fingerprint density at radius 1 is 1.32 bits per heavy atom. The van der Waals surface area contributed by atoms with Gasteiger partial charge in [-0.25, -0.2) is 9.59 Å². The summed E-state index contributed by atoms with van der Waals surface area (Å²) in [7, 11) is 0. The Morgan fingerprint density at radius 2 is 2.00 bits per heavy atom. The number of amides is 1. The van der Waals surface area contributed by atoms with Crippen LogP contribution in [0.4, 0.5) is 4.79 Å². The normalized spacial score (nSPS) is 12.5. The smallest absolute Gasteiger partial charge is 0.408 e. The van der Waals surface area contributed by atoms with Crippen LogP contribution in [0.25, 0.3) is 0 Å². The second-order valence-corrected chi connectivity index (χ2v) is 6.08. The van der Waals surface area contributed by atoms with Crippen molar-refractivity contribution in [1.82, 2.24) is 15.3 Å². The number of rotatable bonds is 6. The maximum Gasteiger partial charge on any atom is 0.408 e. The first-order valence-electron chi connectivity index (χ1n) is 7.17. The molecule has 1 unspecified atom stereocenters.